The number of nitrogens with zero attached hydrogens (tertiary/aromatic N) is 1. The predicted octanol–water partition coefficient (Wildman–Crippen LogP) is 4.10. The van der Waals surface area contributed by atoms with Gasteiger partial charge in [0.2, 0.25) is 0 Å². The van der Waals surface area contributed by atoms with Crippen molar-refractivity contribution in [1.29, 1.82) is 0 Å². The summed E-state index contributed by atoms with van der Waals surface area (Å²) in [6.45, 7) is 7.41. The molecule has 2 aromatic rings. The third-order valence-electron chi connectivity index (χ3n) is 4.83. The molecule has 3 rings (SSSR count). The van der Waals surface area contributed by atoms with Crippen LogP contribution in [0.2, 0.25) is 0 Å². The molecule has 0 radical (unpaired) electrons. The van der Waals surface area contributed by atoms with Gasteiger partial charge in [0.25, 0.3) is 0 Å². The van der Waals surface area contributed by atoms with E-state index in [0.29, 0.717) is 19.1 Å². The summed E-state index contributed by atoms with van der Waals surface area (Å²) in [7, 11) is 0. The number of aliphatic imine (C=N–C) groups is 1. The molecule has 27 heavy (non-hydrogen) atoms. The van der Waals surface area contributed by atoms with E-state index >= 15 is 0 Å². The zero-order chi connectivity index (χ0) is 19.2. The van der Waals surface area contributed by atoms with Crippen LogP contribution < -0.4 is 20.5 Å². The van der Waals surface area contributed by atoms with Gasteiger partial charge < -0.3 is 20.5 Å². The lowest BCUT2D eigenvalue weighted by molar-refractivity contribution is 0.215. The number of aryl methyl sites for hydroxylation is 1. The maximum absolute atomic E-state index is 6.17. The molecule has 0 amide bonds. The zero-order valence-electron chi connectivity index (χ0n) is 16.4. The summed E-state index contributed by atoms with van der Waals surface area (Å²) >= 11 is 0. The molecule has 0 saturated heterocycles. The van der Waals surface area contributed by atoms with Crippen LogP contribution in [0.15, 0.2) is 47.5 Å². The molecule has 0 fully saturated rings. The maximum atomic E-state index is 6.17. The molecule has 1 heterocycles. The molecule has 5 nitrogen and oxygen atoms in total. The number of para-hydroxylation sites is 1. The Morgan fingerprint density at radius 2 is 2.15 bits per heavy atom. The van der Waals surface area contributed by atoms with E-state index in [-0.39, 0.29) is 12.1 Å². The molecule has 5 heteroatoms. The lowest BCUT2D eigenvalue weighted by atomic mass is 10.0. The summed E-state index contributed by atoms with van der Waals surface area (Å²) in [4.78, 5) is 4.55. The molecule has 0 saturated carbocycles. The van der Waals surface area contributed by atoms with Gasteiger partial charge in [0.05, 0.1) is 25.3 Å². The molecule has 1 aliphatic rings. The largest absolute Gasteiger partial charge is 0.493 e. The van der Waals surface area contributed by atoms with Crippen molar-refractivity contribution in [1.82, 2.24) is 5.32 Å². The molecule has 0 spiro atoms. The number of nitrogens with two attached hydrogens (primary N) is 1. The van der Waals surface area contributed by atoms with Crippen LogP contribution in [0.5, 0.6) is 11.5 Å². The van der Waals surface area contributed by atoms with E-state index in [1.54, 1.807) is 0 Å². The third kappa shape index (κ3) is 4.94. The average molecular weight is 367 g/mol. The molecule has 0 aliphatic carbocycles. The Labute approximate surface area is 161 Å². The molecule has 3 N–H and O–H groups in total. The van der Waals surface area contributed by atoms with Crippen molar-refractivity contribution in [3.63, 3.8) is 0 Å². The highest BCUT2D eigenvalue weighted by Crippen LogP contribution is 2.31. The minimum atomic E-state index is 0.118. The van der Waals surface area contributed by atoms with Crippen molar-refractivity contribution in [3.05, 3.63) is 59.2 Å². The fourth-order valence-electron chi connectivity index (χ4n) is 3.09. The number of hydrogen-bond acceptors (Lipinski definition) is 3. The van der Waals surface area contributed by atoms with Crippen LogP contribution in [-0.2, 0) is 6.54 Å². The fraction of sp³-hybridized carbons (Fsp3) is 0.409. The Balaban J connectivity index is 1.70. The van der Waals surface area contributed by atoms with Crippen LogP contribution in [0.3, 0.4) is 0 Å². The van der Waals surface area contributed by atoms with E-state index in [1.165, 1.54) is 5.56 Å². The second kappa shape index (κ2) is 8.80. The minimum Gasteiger partial charge on any atom is -0.493 e. The van der Waals surface area contributed by atoms with Gasteiger partial charge in [0.1, 0.15) is 11.5 Å². The van der Waals surface area contributed by atoms with E-state index in [9.17, 15) is 0 Å². The number of fused-ring (bicyclic) bond motifs is 1. The fourth-order valence-corrected chi connectivity index (χ4v) is 3.09. The highest BCUT2D eigenvalue weighted by atomic mass is 16.5. The monoisotopic (exact) mass is 367 g/mol. The predicted molar refractivity (Wildman–Crippen MR) is 109 cm³/mol. The molecule has 1 aliphatic heterocycles. The van der Waals surface area contributed by atoms with Crippen LogP contribution >= 0.6 is 0 Å². The summed E-state index contributed by atoms with van der Waals surface area (Å²) in [5, 5.41) is 3.34. The molecule has 2 aromatic carbocycles. The van der Waals surface area contributed by atoms with Gasteiger partial charge >= 0.3 is 0 Å². The Morgan fingerprint density at radius 3 is 2.96 bits per heavy atom. The molecular formula is C22H29N3O2. The first-order valence-electron chi connectivity index (χ1n) is 9.61. The summed E-state index contributed by atoms with van der Waals surface area (Å²) in [5.74, 6) is 2.24. The Kier molecular flexibility index (Phi) is 6.22. The molecule has 0 aromatic heterocycles. The SMILES string of the molecule is CCC(C)Oc1cc(C)ccc1CN=C(N)NC1CCOc2ccccc21. The molecule has 2 atom stereocenters. The number of nitrogens with one attached hydrogen (secondary N) is 1. The number of benzene rings is 2. The first-order chi connectivity index (χ1) is 13.1. The zero-order valence-corrected chi connectivity index (χ0v) is 16.4. The maximum Gasteiger partial charge on any atom is 0.189 e. The van der Waals surface area contributed by atoms with Gasteiger partial charge in [-0.25, -0.2) is 4.99 Å². The first-order valence-corrected chi connectivity index (χ1v) is 9.61. The number of rotatable bonds is 6. The number of hydrogen-bond donors (Lipinski definition) is 2. The van der Waals surface area contributed by atoms with Crippen molar-refractivity contribution in [3.8, 4) is 11.5 Å². The Hall–Kier alpha value is -2.69. The topological polar surface area (TPSA) is 68.9 Å². The standard InChI is InChI=1S/C22H29N3O2/c1-4-16(3)27-21-13-15(2)9-10-17(21)14-24-22(23)25-19-11-12-26-20-8-6-5-7-18(19)20/h5-10,13,16,19H,4,11-12,14H2,1-3H3,(H3,23,24,25). The summed E-state index contributed by atoms with van der Waals surface area (Å²) in [6, 6.07) is 14.4. The average Bonchev–Trinajstić information content (AvgIpc) is 2.67. The van der Waals surface area contributed by atoms with Crippen molar-refractivity contribution >= 4 is 5.96 Å². The Bertz CT molecular complexity index is 804. The number of guanidine groups is 1. The first kappa shape index (κ1) is 19.1. The third-order valence-corrected chi connectivity index (χ3v) is 4.83. The van der Waals surface area contributed by atoms with Gasteiger partial charge in [-0.15, -0.1) is 0 Å². The smallest absolute Gasteiger partial charge is 0.189 e. The summed E-state index contributed by atoms with van der Waals surface area (Å²) in [6.07, 6.45) is 1.99. The Morgan fingerprint density at radius 1 is 1.33 bits per heavy atom. The van der Waals surface area contributed by atoms with Gasteiger partial charge in [-0.1, -0.05) is 37.3 Å². The van der Waals surface area contributed by atoms with Crippen molar-refractivity contribution in [2.75, 3.05) is 6.61 Å². The van der Waals surface area contributed by atoms with E-state index in [4.69, 9.17) is 15.2 Å². The van der Waals surface area contributed by atoms with E-state index in [2.05, 4.69) is 55.3 Å². The van der Waals surface area contributed by atoms with Crippen LogP contribution in [-0.4, -0.2) is 18.7 Å². The van der Waals surface area contributed by atoms with Crippen LogP contribution in [0.4, 0.5) is 0 Å². The van der Waals surface area contributed by atoms with Gasteiger partial charge in [-0.2, -0.15) is 0 Å². The number of ether oxygens (including phenoxy) is 2. The van der Waals surface area contributed by atoms with E-state index in [0.717, 1.165) is 35.5 Å². The minimum absolute atomic E-state index is 0.118. The molecule has 2 unspecified atom stereocenters. The second-order valence-electron chi connectivity index (χ2n) is 7.02. The quantitative estimate of drug-likeness (QED) is 0.596. The van der Waals surface area contributed by atoms with E-state index < -0.39 is 0 Å². The van der Waals surface area contributed by atoms with Crippen LogP contribution in [0.1, 0.15) is 49.4 Å². The molecular weight excluding hydrogens is 338 g/mol. The lowest BCUT2D eigenvalue weighted by Crippen LogP contribution is -2.37. The van der Waals surface area contributed by atoms with Crippen molar-refractivity contribution in [2.45, 2.75) is 52.3 Å². The molecule has 0 bridgehead atoms. The normalized spacial score (nSPS) is 17.6. The lowest BCUT2D eigenvalue weighted by Gasteiger charge is -2.27. The van der Waals surface area contributed by atoms with Gasteiger partial charge in [0.15, 0.2) is 5.96 Å². The van der Waals surface area contributed by atoms with E-state index in [1.807, 2.05) is 18.2 Å². The highest BCUT2D eigenvalue weighted by molar-refractivity contribution is 5.78. The highest BCUT2D eigenvalue weighted by Gasteiger charge is 2.21. The van der Waals surface area contributed by atoms with Gasteiger partial charge in [-0.3, -0.25) is 0 Å². The summed E-state index contributed by atoms with van der Waals surface area (Å²) in [5.41, 5.74) is 9.51. The van der Waals surface area contributed by atoms with Crippen LogP contribution in [0.25, 0.3) is 0 Å². The second-order valence-corrected chi connectivity index (χ2v) is 7.02. The van der Waals surface area contributed by atoms with Crippen LogP contribution in [0, 0.1) is 6.92 Å². The van der Waals surface area contributed by atoms with Crippen molar-refractivity contribution in [2.24, 2.45) is 10.7 Å². The molecule has 144 valence electrons. The summed E-state index contributed by atoms with van der Waals surface area (Å²) < 4.78 is 11.8. The van der Waals surface area contributed by atoms with Crippen molar-refractivity contribution < 1.29 is 9.47 Å². The van der Waals surface area contributed by atoms with Gasteiger partial charge in [0, 0.05) is 17.5 Å². The van der Waals surface area contributed by atoms with Gasteiger partial charge in [-0.05, 0) is 38.0 Å².